The van der Waals surface area contributed by atoms with Crippen LogP contribution >= 0.6 is 0 Å². The van der Waals surface area contributed by atoms with Crippen molar-refractivity contribution >= 4 is 38.9 Å². The highest BCUT2D eigenvalue weighted by atomic mass is 15.1. The molecule has 1 aliphatic rings. The summed E-state index contributed by atoms with van der Waals surface area (Å²) in [7, 11) is 0. The lowest BCUT2D eigenvalue weighted by Crippen LogP contribution is -2.16. The molecule has 0 bridgehead atoms. The molecular formula is C45H34N2. The van der Waals surface area contributed by atoms with Gasteiger partial charge in [0.1, 0.15) is 0 Å². The Morgan fingerprint density at radius 3 is 1.85 bits per heavy atom. The van der Waals surface area contributed by atoms with Crippen molar-refractivity contribution in [3.63, 3.8) is 0 Å². The molecule has 0 N–H and O–H groups in total. The van der Waals surface area contributed by atoms with E-state index in [1.165, 1.54) is 60.9 Å². The zero-order valence-corrected chi connectivity index (χ0v) is 26.6. The van der Waals surface area contributed by atoms with Gasteiger partial charge in [-0.15, -0.1) is 0 Å². The number of rotatable bonds is 5. The molecule has 7 aromatic carbocycles. The van der Waals surface area contributed by atoms with Crippen LogP contribution in [0.5, 0.6) is 0 Å². The Morgan fingerprint density at radius 1 is 0.447 bits per heavy atom. The smallest absolute Gasteiger partial charge is 0.0547 e. The van der Waals surface area contributed by atoms with E-state index in [-0.39, 0.29) is 5.41 Å². The molecule has 0 aliphatic heterocycles. The first-order valence-corrected chi connectivity index (χ1v) is 16.4. The molecule has 0 fully saturated rings. The molecule has 8 aromatic rings. The van der Waals surface area contributed by atoms with Crippen LogP contribution in [0.1, 0.15) is 25.0 Å². The maximum atomic E-state index is 2.40. The molecule has 0 unspecified atom stereocenters. The van der Waals surface area contributed by atoms with Crippen LogP contribution < -0.4 is 4.90 Å². The monoisotopic (exact) mass is 602 g/mol. The van der Waals surface area contributed by atoms with Gasteiger partial charge in [0.15, 0.2) is 0 Å². The van der Waals surface area contributed by atoms with Crippen LogP contribution in [0, 0.1) is 0 Å². The molecular weight excluding hydrogens is 569 g/mol. The number of nitrogens with zero attached hydrogens (tertiary/aromatic N) is 2. The average molecular weight is 603 g/mol. The minimum Gasteiger partial charge on any atom is -0.310 e. The molecule has 0 amide bonds. The minimum absolute atomic E-state index is 0.0637. The third-order valence-corrected chi connectivity index (χ3v) is 9.99. The highest BCUT2D eigenvalue weighted by molar-refractivity contribution is 6.15. The van der Waals surface area contributed by atoms with E-state index in [9.17, 15) is 0 Å². The van der Waals surface area contributed by atoms with E-state index >= 15 is 0 Å². The van der Waals surface area contributed by atoms with E-state index in [0.717, 1.165) is 17.1 Å². The zero-order chi connectivity index (χ0) is 31.5. The van der Waals surface area contributed by atoms with E-state index in [4.69, 9.17) is 0 Å². The molecule has 9 rings (SSSR count). The molecule has 47 heavy (non-hydrogen) atoms. The van der Waals surface area contributed by atoms with E-state index in [1.807, 2.05) is 0 Å². The van der Waals surface area contributed by atoms with Crippen LogP contribution in [0.4, 0.5) is 17.1 Å². The fourth-order valence-corrected chi connectivity index (χ4v) is 7.76. The van der Waals surface area contributed by atoms with Gasteiger partial charge in [0.2, 0.25) is 0 Å². The molecule has 0 radical (unpaired) electrons. The number of aromatic nitrogens is 1. The zero-order valence-electron chi connectivity index (χ0n) is 26.6. The Balaban J connectivity index is 1.18. The van der Waals surface area contributed by atoms with E-state index < -0.39 is 0 Å². The normalized spacial score (nSPS) is 13.1. The Labute approximate surface area is 275 Å². The predicted octanol–water partition coefficient (Wildman–Crippen LogP) is 12.2. The molecule has 0 spiro atoms. The molecule has 224 valence electrons. The first kappa shape index (κ1) is 27.5. The SMILES string of the molecule is CC1(C)c2ccccc2-c2ccc(N(c3ccccc3)c3ccc(-c4cccc5c4c4ccccc4n5-c4ccccc4)cc3)cc21. The first-order valence-electron chi connectivity index (χ1n) is 16.4. The fraction of sp³-hybridized carbons (Fsp3) is 0.0667. The van der Waals surface area contributed by atoms with E-state index in [1.54, 1.807) is 0 Å². The van der Waals surface area contributed by atoms with E-state index in [0.29, 0.717) is 0 Å². The number of benzene rings is 7. The summed E-state index contributed by atoms with van der Waals surface area (Å²) in [5.41, 5.74) is 14.9. The number of fused-ring (bicyclic) bond motifs is 6. The van der Waals surface area contributed by atoms with Crippen molar-refractivity contribution in [2.45, 2.75) is 19.3 Å². The van der Waals surface area contributed by atoms with Crippen molar-refractivity contribution < 1.29 is 0 Å². The number of hydrogen-bond acceptors (Lipinski definition) is 1. The lowest BCUT2D eigenvalue weighted by Gasteiger charge is -2.28. The lowest BCUT2D eigenvalue weighted by molar-refractivity contribution is 0.660. The topological polar surface area (TPSA) is 8.17 Å². The Kier molecular flexibility index (Phi) is 6.20. The van der Waals surface area contributed by atoms with Gasteiger partial charge in [0, 0.05) is 38.9 Å². The molecule has 2 nitrogen and oxygen atoms in total. The third-order valence-electron chi connectivity index (χ3n) is 9.99. The number of para-hydroxylation sites is 3. The van der Waals surface area contributed by atoms with Gasteiger partial charge in [0.05, 0.1) is 11.0 Å². The van der Waals surface area contributed by atoms with Gasteiger partial charge >= 0.3 is 0 Å². The Morgan fingerprint density at radius 2 is 1.04 bits per heavy atom. The molecule has 0 saturated carbocycles. The summed E-state index contributed by atoms with van der Waals surface area (Å²) in [4.78, 5) is 2.38. The second-order valence-corrected chi connectivity index (χ2v) is 13.0. The van der Waals surface area contributed by atoms with Crippen molar-refractivity contribution in [2.24, 2.45) is 0 Å². The number of hydrogen-bond donors (Lipinski definition) is 0. The molecule has 1 heterocycles. The minimum atomic E-state index is -0.0637. The summed E-state index contributed by atoms with van der Waals surface area (Å²) in [5, 5.41) is 2.54. The van der Waals surface area contributed by atoms with Crippen molar-refractivity contribution in [1.82, 2.24) is 4.57 Å². The summed E-state index contributed by atoms with van der Waals surface area (Å²) in [5.74, 6) is 0. The molecule has 0 saturated heterocycles. The van der Waals surface area contributed by atoms with Crippen LogP contribution in [0.2, 0.25) is 0 Å². The quantitative estimate of drug-likeness (QED) is 0.190. The van der Waals surface area contributed by atoms with Gasteiger partial charge in [-0.3, -0.25) is 0 Å². The van der Waals surface area contributed by atoms with Crippen LogP contribution in [0.15, 0.2) is 170 Å². The van der Waals surface area contributed by atoms with Crippen LogP contribution in [0.25, 0.3) is 49.7 Å². The van der Waals surface area contributed by atoms with Gasteiger partial charge in [-0.05, 0) is 94.0 Å². The second-order valence-electron chi connectivity index (χ2n) is 13.0. The Hall–Kier alpha value is -5.86. The average Bonchev–Trinajstić information content (AvgIpc) is 3.58. The molecule has 0 atom stereocenters. The fourth-order valence-electron chi connectivity index (χ4n) is 7.76. The highest BCUT2D eigenvalue weighted by Crippen LogP contribution is 2.50. The van der Waals surface area contributed by atoms with E-state index in [2.05, 4.69) is 193 Å². The van der Waals surface area contributed by atoms with Crippen LogP contribution in [0.3, 0.4) is 0 Å². The van der Waals surface area contributed by atoms with Crippen LogP contribution in [-0.4, -0.2) is 4.57 Å². The standard InChI is InChI=1S/C45H34N2/c1-45(2)40-21-11-9-18-37(40)38-29-28-35(30-41(38)45)46(32-14-5-3-6-15-32)34-26-24-31(25-27-34)36-20-13-23-43-44(36)39-19-10-12-22-42(39)47(43)33-16-7-4-8-17-33/h3-30H,1-2H3. The van der Waals surface area contributed by atoms with Gasteiger partial charge in [-0.2, -0.15) is 0 Å². The maximum Gasteiger partial charge on any atom is 0.0547 e. The Bertz CT molecular complexity index is 2420. The summed E-state index contributed by atoms with van der Waals surface area (Å²) in [6.07, 6.45) is 0. The van der Waals surface area contributed by atoms with Crippen molar-refractivity contribution in [1.29, 1.82) is 0 Å². The van der Waals surface area contributed by atoms with Crippen molar-refractivity contribution in [3.8, 4) is 27.9 Å². The third kappa shape index (κ3) is 4.26. The van der Waals surface area contributed by atoms with Gasteiger partial charge in [-0.1, -0.05) is 123 Å². The first-order chi connectivity index (χ1) is 23.1. The summed E-state index contributed by atoms with van der Waals surface area (Å²) >= 11 is 0. The largest absolute Gasteiger partial charge is 0.310 e. The van der Waals surface area contributed by atoms with Crippen molar-refractivity contribution in [3.05, 3.63) is 181 Å². The highest BCUT2D eigenvalue weighted by Gasteiger charge is 2.35. The second kappa shape index (κ2) is 10.6. The van der Waals surface area contributed by atoms with Gasteiger partial charge < -0.3 is 9.47 Å². The van der Waals surface area contributed by atoms with Gasteiger partial charge in [0.25, 0.3) is 0 Å². The van der Waals surface area contributed by atoms with Crippen LogP contribution in [-0.2, 0) is 5.41 Å². The molecule has 2 heteroatoms. The van der Waals surface area contributed by atoms with Crippen molar-refractivity contribution in [2.75, 3.05) is 4.90 Å². The molecule has 1 aromatic heterocycles. The molecule has 1 aliphatic carbocycles. The van der Waals surface area contributed by atoms with Gasteiger partial charge in [-0.25, -0.2) is 0 Å². The number of anilines is 3. The summed E-state index contributed by atoms with van der Waals surface area (Å²) in [6.45, 7) is 4.69. The maximum absolute atomic E-state index is 2.40. The predicted molar refractivity (Wildman–Crippen MR) is 198 cm³/mol. The summed E-state index contributed by atoms with van der Waals surface area (Å²) < 4.78 is 2.38. The lowest BCUT2D eigenvalue weighted by atomic mass is 9.82. The summed E-state index contributed by atoms with van der Waals surface area (Å²) in [6, 6.07) is 61.7.